The van der Waals surface area contributed by atoms with Crippen molar-refractivity contribution in [3.63, 3.8) is 0 Å². The van der Waals surface area contributed by atoms with Gasteiger partial charge in [-0.05, 0) is 49.8 Å². The van der Waals surface area contributed by atoms with Gasteiger partial charge in [-0.1, -0.05) is 12.1 Å². The van der Waals surface area contributed by atoms with Crippen LogP contribution in [0.15, 0.2) is 57.5 Å². The number of imide groups is 1. The van der Waals surface area contributed by atoms with Crippen LogP contribution in [-0.4, -0.2) is 47.5 Å². The van der Waals surface area contributed by atoms with Crippen molar-refractivity contribution in [1.82, 2.24) is 4.90 Å². The fourth-order valence-electron chi connectivity index (χ4n) is 3.15. The summed E-state index contributed by atoms with van der Waals surface area (Å²) in [5.74, 6) is -0.878. The van der Waals surface area contributed by atoms with E-state index < -0.39 is 24.4 Å². The number of amides is 2. The lowest BCUT2D eigenvalue weighted by Gasteiger charge is -2.26. The molecule has 0 saturated heterocycles. The maximum atomic E-state index is 12.7. The Morgan fingerprint density at radius 1 is 1.19 bits per heavy atom. The second-order valence-corrected chi connectivity index (χ2v) is 6.66. The SMILES string of the molecule is CCOC(=O)c1ccc(-c2ccc(/C=C3/C(=O)N(CCO)C(=O)C(C#N)=C3C)o2)cc1. The summed E-state index contributed by atoms with van der Waals surface area (Å²) in [4.78, 5) is 37.6. The molecule has 2 heterocycles. The number of aliphatic hydroxyl groups excluding tert-OH is 1. The molecule has 0 radical (unpaired) electrons. The Kier molecular flexibility index (Phi) is 6.48. The number of hydrogen-bond acceptors (Lipinski definition) is 7. The quantitative estimate of drug-likeness (QED) is 0.433. The zero-order valence-electron chi connectivity index (χ0n) is 17.0. The molecule has 1 aromatic heterocycles. The molecule has 158 valence electrons. The Morgan fingerprint density at radius 2 is 1.90 bits per heavy atom. The van der Waals surface area contributed by atoms with Crippen molar-refractivity contribution in [3.8, 4) is 17.4 Å². The van der Waals surface area contributed by atoms with Crippen molar-refractivity contribution in [1.29, 1.82) is 5.26 Å². The molecule has 1 N–H and O–H groups in total. The van der Waals surface area contributed by atoms with Crippen molar-refractivity contribution in [2.75, 3.05) is 19.8 Å². The van der Waals surface area contributed by atoms with Gasteiger partial charge in [0.25, 0.3) is 11.8 Å². The summed E-state index contributed by atoms with van der Waals surface area (Å²) in [6, 6.07) is 11.9. The number of rotatable bonds is 6. The third kappa shape index (κ3) is 4.32. The van der Waals surface area contributed by atoms with Crippen molar-refractivity contribution in [2.45, 2.75) is 13.8 Å². The summed E-state index contributed by atoms with van der Waals surface area (Å²) in [6.45, 7) is 2.93. The van der Waals surface area contributed by atoms with Crippen LogP contribution in [0.3, 0.4) is 0 Å². The van der Waals surface area contributed by atoms with Crippen LogP contribution in [0.1, 0.15) is 30.0 Å². The highest BCUT2D eigenvalue weighted by molar-refractivity contribution is 6.19. The van der Waals surface area contributed by atoms with E-state index in [0.29, 0.717) is 17.1 Å². The van der Waals surface area contributed by atoms with E-state index in [4.69, 9.17) is 14.3 Å². The minimum atomic E-state index is -0.724. The molecule has 1 aliphatic heterocycles. The highest BCUT2D eigenvalue weighted by Gasteiger charge is 2.35. The third-order valence-electron chi connectivity index (χ3n) is 4.74. The Hall–Kier alpha value is -3.96. The predicted octanol–water partition coefficient (Wildman–Crippen LogP) is 2.71. The number of aliphatic hydroxyl groups is 1. The molecule has 8 heteroatoms. The van der Waals surface area contributed by atoms with E-state index in [1.54, 1.807) is 43.3 Å². The topological polar surface area (TPSA) is 121 Å². The molecule has 0 atom stereocenters. The summed E-state index contributed by atoms with van der Waals surface area (Å²) in [5, 5.41) is 18.5. The van der Waals surface area contributed by atoms with E-state index in [2.05, 4.69) is 0 Å². The van der Waals surface area contributed by atoms with Gasteiger partial charge in [0.05, 0.1) is 25.3 Å². The molecule has 3 rings (SSSR count). The first-order valence-electron chi connectivity index (χ1n) is 9.58. The molecule has 1 aromatic carbocycles. The highest BCUT2D eigenvalue weighted by Crippen LogP contribution is 2.29. The first-order valence-corrected chi connectivity index (χ1v) is 9.58. The highest BCUT2D eigenvalue weighted by atomic mass is 16.5. The summed E-state index contributed by atoms with van der Waals surface area (Å²) in [7, 11) is 0. The minimum absolute atomic E-state index is 0.142. The van der Waals surface area contributed by atoms with E-state index in [1.807, 2.05) is 6.07 Å². The molecule has 0 fully saturated rings. The smallest absolute Gasteiger partial charge is 0.338 e. The van der Waals surface area contributed by atoms with Crippen molar-refractivity contribution >= 4 is 23.9 Å². The number of esters is 1. The third-order valence-corrected chi connectivity index (χ3v) is 4.74. The molecule has 2 amide bonds. The van der Waals surface area contributed by atoms with Crippen LogP contribution >= 0.6 is 0 Å². The number of nitriles is 1. The molecule has 0 spiro atoms. The Balaban J connectivity index is 1.92. The Morgan fingerprint density at radius 3 is 2.52 bits per heavy atom. The average Bonchev–Trinajstić information content (AvgIpc) is 3.23. The summed E-state index contributed by atoms with van der Waals surface area (Å²) >= 11 is 0. The van der Waals surface area contributed by atoms with E-state index >= 15 is 0 Å². The molecule has 0 saturated carbocycles. The lowest BCUT2D eigenvalue weighted by Crippen LogP contribution is -2.44. The van der Waals surface area contributed by atoms with E-state index in [1.165, 1.54) is 13.0 Å². The first-order chi connectivity index (χ1) is 14.9. The maximum Gasteiger partial charge on any atom is 0.338 e. The minimum Gasteiger partial charge on any atom is -0.462 e. The molecule has 0 unspecified atom stereocenters. The van der Waals surface area contributed by atoms with E-state index in [0.717, 1.165) is 10.5 Å². The van der Waals surface area contributed by atoms with E-state index in [-0.39, 0.29) is 29.9 Å². The predicted molar refractivity (Wildman–Crippen MR) is 110 cm³/mol. The number of β-amino-alcohol motifs (C(OH)–C–C–N with tert-alkyl or cyclic N) is 1. The van der Waals surface area contributed by atoms with Crippen LogP contribution in [0.4, 0.5) is 0 Å². The normalized spacial score (nSPS) is 15.4. The molecule has 2 aromatic rings. The summed E-state index contributed by atoms with van der Waals surface area (Å²) in [5.41, 5.74) is 1.38. The molecule has 0 bridgehead atoms. The molecule has 8 nitrogen and oxygen atoms in total. The molecule has 0 aliphatic carbocycles. The largest absolute Gasteiger partial charge is 0.462 e. The van der Waals surface area contributed by atoms with Crippen molar-refractivity contribution in [2.24, 2.45) is 0 Å². The number of benzene rings is 1. The van der Waals surface area contributed by atoms with Crippen LogP contribution in [0.5, 0.6) is 0 Å². The lowest BCUT2D eigenvalue weighted by atomic mass is 9.95. The molecular formula is C23H20N2O6. The van der Waals surface area contributed by atoms with Gasteiger partial charge in [-0.15, -0.1) is 0 Å². The van der Waals surface area contributed by atoms with Crippen LogP contribution in [0, 0.1) is 11.3 Å². The van der Waals surface area contributed by atoms with Crippen molar-refractivity contribution in [3.05, 3.63) is 64.4 Å². The summed E-state index contributed by atoms with van der Waals surface area (Å²) < 4.78 is 10.8. The van der Waals surface area contributed by atoms with Gasteiger partial charge in [0.15, 0.2) is 0 Å². The van der Waals surface area contributed by atoms with Gasteiger partial charge in [-0.2, -0.15) is 5.26 Å². The van der Waals surface area contributed by atoms with Gasteiger partial charge in [0, 0.05) is 11.1 Å². The summed E-state index contributed by atoms with van der Waals surface area (Å²) in [6.07, 6.45) is 1.46. The number of nitrogens with zero attached hydrogens (tertiary/aromatic N) is 2. The Bertz CT molecular complexity index is 1130. The maximum absolute atomic E-state index is 12.7. The lowest BCUT2D eigenvalue weighted by molar-refractivity contribution is -0.141. The molecular weight excluding hydrogens is 400 g/mol. The zero-order chi connectivity index (χ0) is 22.5. The zero-order valence-corrected chi connectivity index (χ0v) is 17.0. The van der Waals surface area contributed by atoms with Gasteiger partial charge < -0.3 is 14.3 Å². The fraction of sp³-hybridized carbons (Fsp3) is 0.217. The fourth-order valence-corrected chi connectivity index (χ4v) is 3.15. The first kappa shape index (κ1) is 21.7. The Labute approximate surface area is 178 Å². The number of carbonyl (C=O) groups excluding carboxylic acids is 3. The number of ether oxygens (including phenoxy) is 1. The standard InChI is InChI=1S/C23H20N2O6/c1-3-30-23(29)16-6-4-15(5-7-16)20-9-8-17(31-20)12-18-14(2)19(13-24)22(28)25(10-11-26)21(18)27/h4-9,12,26H,3,10-11H2,1-2H3/b18-12+. The van der Waals surface area contributed by atoms with Crippen LogP contribution in [0.2, 0.25) is 0 Å². The monoisotopic (exact) mass is 420 g/mol. The van der Waals surface area contributed by atoms with Gasteiger partial charge >= 0.3 is 5.97 Å². The number of hydrogen-bond donors (Lipinski definition) is 1. The van der Waals surface area contributed by atoms with Crippen LogP contribution < -0.4 is 0 Å². The average molecular weight is 420 g/mol. The second-order valence-electron chi connectivity index (χ2n) is 6.66. The van der Waals surface area contributed by atoms with Gasteiger partial charge in [-0.25, -0.2) is 4.79 Å². The van der Waals surface area contributed by atoms with Crippen molar-refractivity contribution < 1.29 is 28.6 Å². The number of carbonyl (C=O) groups is 3. The molecule has 1 aliphatic rings. The number of furan rings is 1. The van der Waals surface area contributed by atoms with E-state index in [9.17, 15) is 19.6 Å². The molecule has 31 heavy (non-hydrogen) atoms. The van der Waals surface area contributed by atoms with Crippen LogP contribution in [-0.2, 0) is 14.3 Å². The van der Waals surface area contributed by atoms with Gasteiger partial charge in [0.1, 0.15) is 23.2 Å². The van der Waals surface area contributed by atoms with Gasteiger partial charge in [-0.3, -0.25) is 14.5 Å². The van der Waals surface area contributed by atoms with Gasteiger partial charge in [0.2, 0.25) is 0 Å². The van der Waals surface area contributed by atoms with Crippen LogP contribution in [0.25, 0.3) is 17.4 Å². The second kappa shape index (κ2) is 9.24.